The Hall–Kier alpha value is -2.80. The Kier molecular flexibility index (Phi) is 12.4. The number of likely N-dealkylation sites (N-methyl/N-ethyl adjacent to an activating group) is 1. The highest BCUT2D eigenvalue weighted by Crippen LogP contribution is 2.25. The number of hydrogen-bond acceptors (Lipinski definition) is 11. The highest BCUT2D eigenvalue weighted by molar-refractivity contribution is 6.33. The van der Waals surface area contributed by atoms with E-state index >= 15 is 0 Å². The van der Waals surface area contributed by atoms with Gasteiger partial charge in [0.1, 0.15) is 0 Å². The van der Waals surface area contributed by atoms with Crippen LogP contribution in [0.25, 0.3) is 0 Å². The summed E-state index contributed by atoms with van der Waals surface area (Å²) in [6.45, 7) is 6.03. The third-order valence-electron chi connectivity index (χ3n) is 7.27. The molecule has 2 aliphatic rings. The monoisotopic (exact) mass is 640 g/mol. The molecular formula is C27H36Cl3FN10O. The molecular weight excluding hydrogens is 606 g/mol. The molecule has 3 N–H and O–H groups in total. The van der Waals surface area contributed by atoms with Crippen molar-refractivity contribution in [2.24, 2.45) is 5.92 Å². The van der Waals surface area contributed by atoms with Crippen LogP contribution in [0, 0.1) is 11.7 Å². The number of likely N-dealkylation sites (tertiary alicyclic amines) is 1. The first-order valence-corrected chi connectivity index (χ1v) is 15.3. The summed E-state index contributed by atoms with van der Waals surface area (Å²) in [6, 6.07) is 5.19. The number of benzene rings is 1. The van der Waals surface area contributed by atoms with Gasteiger partial charge in [-0.1, -0.05) is 26.2 Å². The molecule has 11 nitrogen and oxygen atoms in total. The summed E-state index contributed by atoms with van der Waals surface area (Å²) in [6.07, 6.45) is 8.81. The number of halogens is 4. The fourth-order valence-electron chi connectivity index (χ4n) is 5.15. The Labute approximate surface area is 260 Å². The second-order valence-electron chi connectivity index (χ2n) is 10.1. The number of hydrogen-bond donors (Lipinski definition) is 3. The van der Waals surface area contributed by atoms with Crippen LogP contribution in [0.3, 0.4) is 0 Å². The fourth-order valence-corrected chi connectivity index (χ4v) is 5.76. The molecule has 1 aliphatic carbocycles. The number of rotatable bonds is 10. The third-order valence-corrected chi connectivity index (χ3v) is 7.78. The molecule has 15 heteroatoms. The number of ether oxygens (including phenoxy) is 1. The average Bonchev–Trinajstić information content (AvgIpc) is 3.43. The maximum Gasteiger partial charge on any atom is 0.233 e. The molecule has 1 atom stereocenters. The molecule has 3 aromatic rings. The van der Waals surface area contributed by atoms with E-state index in [1.54, 1.807) is 12.1 Å². The maximum absolute atomic E-state index is 14.2. The minimum atomic E-state index is -0.438. The van der Waals surface area contributed by atoms with Crippen LogP contribution in [0.15, 0.2) is 18.2 Å². The van der Waals surface area contributed by atoms with E-state index in [1.807, 2.05) is 0 Å². The van der Waals surface area contributed by atoms with Crippen LogP contribution >= 0.6 is 34.8 Å². The van der Waals surface area contributed by atoms with E-state index in [1.165, 1.54) is 58.1 Å². The zero-order valence-electron chi connectivity index (χ0n) is 23.7. The van der Waals surface area contributed by atoms with Crippen LogP contribution in [-0.2, 0) is 0 Å². The lowest BCUT2D eigenvalue weighted by atomic mass is 9.89. The van der Waals surface area contributed by atoms with Gasteiger partial charge >= 0.3 is 0 Å². The highest BCUT2D eigenvalue weighted by Gasteiger charge is 2.23. The van der Waals surface area contributed by atoms with Crippen molar-refractivity contribution in [3.05, 3.63) is 39.9 Å². The molecule has 1 aliphatic heterocycles. The summed E-state index contributed by atoms with van der Waals surface area (Å²) in [7, 11) is 1.45. The van der Waals surface area contributed by atoms with Crippen molar-refractivity contribution in [2.45, 2.75) is 57.9 Å². The second-order valence-corrected chi connectivity index (χ2v) is 11.1. The van der Waals surface area contributed by atoms with E-state index in [0.29, 0.717) is 35.5 Å². The molecule has 42 heavy (non-hydrogen) atoms. The van der Waals surface area contributed by atoms with Crippen LogP contribution in [0.2, 0.25) is 15.9 Å². The van der Waals surface area contributed by atoms with Crippen LogP contribution in [0.4, 0.5) is 27.9 Å². The quantitative estimate of drug-likeness (QED) is 0.225. The highest BCUT2D eigenvalue weighted by atomic mass is 35.5. The number of aromatic nitrogens is 6. The predicted molar refractivity (Wildman–Crippen MR) is 165 cm³/mol. The average molecular weight is 642 g/mol. The molecule has 1 saturated carbocycles. The molecule has 3 heterocycles. The number of methoxy groups -OCH3 is 1. The van der Waals surface area contributed by atoms with Gasteiger partial charge in [-0.25, -0.2) is 4.39 Å². The van der Waals surface area contributed by atoms with Gasteiger partial charge in [0.25, 0.3) is 0 Å². The minimum Gasteiger partial charge on any atom is -0.494 e. The van der Waals surface area contributed by atoms with Gasteiger partial charge in [-0.15, -0.1) is 0 Å². The van der Waals surface area contributed by atoms with E-state index in [2.05, 4.69) is 57.7 Å². The van der Waals surface area contributed by atoms with Gasteiger partial charge in [-0.05, 0) is 91.6 Å². The maximum atomic E-state index is 14.2. The molecule has 228 valence electrons. The van der Waals surface area contributed by atoms with Crippen molar-refractivity contribution in [3.8, 4) is 5.75 Å². The Morgan fingerprint density at radius 1 is 0.833 bits per heavy atom. The van der Waals surface area contributed by atoms with E-state index in [4.69, 9.17) is 39.5 Å². The normalized spacial score (nSPS) is 17.3. The largest absolute Gasteiger partial charge is 0.494 e. The summed E-state index contributed by atoms with van der Waals surface area (Å²) in [5.74, 6) is 1.85. The van der Waals surface area contributed by atoms with Crippen LogP contribution in [0.5, 0.6) is 5.75 Å². The number of nitrogens with one attached hydrogen (secondary N) is 3. The van der Waals surface area contributed by atoms with Crippen molar-refractivity contribution < 1.29 is 9.13 Å². The van der Waals surface area contributed by atoms with Gasteiger partial charge in [-0.3, -0.25) is 4.90 Å². The first-order valence-electron chi connectivity index (χ1n) is 14.1. The molecule has 2 aromatic heterocycles. The molecule has 0 spiro atoms. The Bertz CT molecular complexity index is 1250. The van der Waals surface area contributed by atoms with Crippen molar-refractivity contribution in [1.82, 2.24) is 34.8 Å². The van der Waals surface area contributed by atoms with E-state index < -0.39 is 5.82 Å². The van der Waals surface area contributed by atoms with Gasteiger partial charge in [-0.2, -0.15) is 29.9 Å². The topological polar surface area (TPSA) is 126 Å². The summed E-state index contributed by atoms with van der Waals surface area (Å²) in [5.41, 5.74) is 0.552. The van der Waals surface area contributed by atoms with Gasteiger partial charge in [0.15, 0.2) is 11.6 Å². The lowest BCUT2D eigenvalue weighted by Gasteiger charge is -2.23. The standard InChI is InChI=1S/C24H36FN7O.C3Cl3N3/c1-3-32-13-7-10-19(32)16-27-23-29-22(26-15-17-8-5-4-6-9-17)30-24(31-23)28-18-11-12-21(33-2)20(25)14-18;4-1-7-2(5)9-3(6)8-1/h11-12,14,17,19H,3-10,13,15-16H2,1-2H3,(H3,26,27,28,29,30,31);/t19-;/m0./s1. The first-order chi connectivity index (χ1) is 20.3. The first kappa shape index (κ1) is 32.1. The van der Waals surface area contributed by atoms with E-state index in [9.17, 15) is 4.39 Å². The Morgan fingerprint density at radius 2 is 1.45 bits per heavy atom. The van der Waals surface area contributed by atoms with Crippen LogP contribution in [0.1, 0.15) is 51.9 Å². The summed E-state index contributed by atoms with van der Waals surface area (Å²) >= 11 is 16.0. The van der Waals surface area contributed by atoms with Gasteiger partial charge in [0, 0.05) is 30.9 Å². The molecule has 0 bridgehead atoms. The SMILES string of the molecule is CCN1CCC[C@H]1CNc1nc(NCC2CCCCC2)nc(Nc2ccc(OC)c(F)c2)n1.Clc1nc(Cl)nc(Cl)n1. The van der Waals surface area contributed by atoms with Gasteiger partial charge in [0.05, 0.1) is 7.11 Å². The van der Waals surface area contributed by atoms with E-state index in [0.717, 1.165) is 26.2 Å². The molecule has 2 fully saturated rings. The lowest BCUT2D eigenvalue weighted by molar-refractivity contribution is 0.277. The third kappa shape index (κ3) is 9.89. The Morgan fingerprint density at radius 3 is 2.05 bits per heavy atom. The zero-order valence-corrected chi connectivity index (χ0v) is 26.0. The lowest BCUT2D eigenvalue weighted by Crippen LogP contribution is -2.35. The number of anilines is 4. The van der Waals surface area contributed by atoms with Gasteiger partial charge < -0.3 is 20.7 Å². The van der Waals surface area contributed by atoms with Crippen LogP contribution in [-0.4, -0.2) is 74.1 Å². The zero-order chi connectivity index (χ0) is 29.9. The fraction of sp³-hybridized carbons (Fsp3) is 0.556. The predicted octanol–water partition coefficient (Wildman–Crippen LogP) is 6.48. The van der Waals surface area contributed by atoms with Crippen molar-refractivity contribution in [2.75, 3.05) is 49.2 Å². The molecule has 1 saturated heterocycles. The minimum absolute atomic E-state index is 0.000000000000000444. The molecule has 1 aromatic carbocycles. The van der Waals surface area contributed by atoms with Crippen molar-refractivity contribution in [3.63, 3.8) is 0 Å². The van der Waals surface area contributed by atoms with Crippen LogP contribution < -0.4 is 20.7 Å². The molecule has 5 rings (SSSR count). The molecule has 0 amide bonds. The summed E-state index contributed by atoms with van der Waals surface area (Å²) in [4.78, 5) is 26.6. The smallest absolute Gasteiger partial charge is 0.233 e. The van der Waals surface area contributed by atoms with Crippen molar-refractivity contribution in [1.29, 1.82) is 0 Å². The number of nitrogens with zero attached hydrogens (tertiary/aromatic N) is 7. The van der Waals surface area contributed by atoms with E-state index in [-0.39, 0.29) is 21.6 Å². The van der Waals surface area contributed by atoms with Gasteiger partial charge in [0.2, 0.25) is 33.7 Å². The molecule has 0 radical (unpaired) electrons. The summed E-state index contributed by atoms with van der Waals surface area (Å²) < 4.78 is 19.2. The Balaban J connectivity index is 0.000000385. The van der Waals surface area contributed by atoms with Crippen molar-refractivity contribution >= 4 is 58.3 Å². The molecule has 0 unspecified atom stereocenters. The summed E-state index contributed by atoms with van der Waals surface area (Å²) in [5, 5.41) is 9.93. The second kappa shape index (κ2) is 16.2.